The summed E-state index contributed by atoms with van der Waals surface area (Å²) in [6.07, 6.45) is 6.51. The van der Waals surface area contributed by atoms with E-state index < -0.39 is 0 Å². The number of thiazole rings is 1. The van der Waals surface area contributed by atoms with Crippen LogP contribution >= 0.6 is 34.0 Å². The van der Waals surface area contributed by atoms with Crippen LogP contribution in [0.2, 0.25) is 0 Å². The van der Waals surface area contributed by atoms with E-state index in [0.29, 0.717) is 16.8 Å². The van der Waals surface area contributed by atoms with Crippen molar-refractivity contribution in [2.24, 2.45) is 0 Å². The molecule has 0 bridgehead atoms. The Morgan fingerprint density at radius 2 is 1.97 bits per heavy atom. The molecule has 33 heavy (non-hydrogen) atoms. The van der Waals surface area contributed by atoms with Gasteiger partial charge in [0.25, 0.3) is 5.56 Å². The minimum absolute atomic E-state index is 0.0507. The highest BCUT2D eigenvalue weighted by Crippen LogP contribution is 2.33. The molecule has 0 fully saturated rings. The normalized spacial score (nSPS) is 11.2. The van der Waals surface area contributed by atoms with Crippen molar-refractivity contribution in [3.05, 3.63) is 74.5 Å². The van der Waals surface area contributed by atoms with E-state index in [9.17, 15) is 9.59 Å². The second-order valence-corrected chi connectivity index (χ2v) is 10.0. The summed E-state index contributed by atoms with van der Waals surface area (Å²) in [5, 5.41) is 10.5. The second-order valence-electron chi connectivity index (χ2n) is 7.30. The fourth-order valence-electron chi connectivity index (χ4n) is 3.45. The molecule has 0 aliphatic carbocycles. The molecular weight excluding hydrogens is 474 g/mol. The number of amides is 1. The standard InChI is InChI=1S/C23H19N5O2S3/c29-19(25-7-1-4-20-27-17(13-32-20)15-5-8-24-9-6-15)11-28-14-26-22-21(23(28)30)16(12-33-22)18-3-2-10-31-18/h2-3,5-6,8-10,12-14H,1,4,7,11H2,(H,25,29). The molecule has 5 aromatic heterocycles. The lowest BCUT2D eigenvalue weighted by atomic mass is 10.2. The van der Waals surface area contributed by atoms with Gasteiger partial charge in [-0.05, 0) is 30.0 Å². The zero-order valence-corrected chi connectivity index (χ0v) is 19.9. The average Bonchev–Trinajstić information content (AvgIpc) is 3.59. The highest BCUT2D eigenvalue weighted by Gasteiger charge is 2.15. The SMILES string of the molecule is O=C(Cn1cnc2scc(-c3cccs3)c2c1=O)NCCCc1nc(-c2ccncc2)cs1. The minimum Gasteiger partial charge on any atom is -0.355 e. The van der Waals surface area contributed by atoms with Crippen LogP contribution in [0.3, 0.4) is 0 Å². The maximum atomic E-state index is 13.0. The Hall–Kier alpha value is -3.21. The Balaban J connectivity index is 1.17. The molecule has 10 heteroatoms. The lowest BCUT2D eigenvalue weighted by Crippen LogP contribution is -2.33. The number of pyridine rings is 1. The number of fused-ring (bicyclic) bond motifs is 1. The second kappa shape index (κ2) is 9.74. The first-order valence-electron chi connectivity index (χ1n) is 10.3. The first-order chi connectivity index (χ1) is 16.2. The van der Waals surface area contributed by atoms with Crippen molar-refractivity contribution in [1.29, 1.82) is 0 Å². The van der Waals surface area contributed by atoms with E-state index in [4.69, 9.17) is 0 Å². The maximum absolute atomic E-state index is 13.0. The number of nitrogens with one attached hydrogen (secondary N) is 1. The van der Waals surface area contributed by atoms with Crippen LogP contribution in [0, 0.1) is 0 Å². The summed E-state index contributed by atoms with van der Waals surface area (Å²) in [6, 6.07) is 7.81. The summed E-state index contributed by atoms with van der Waals surface area (Å²) in [5.74, 6) is -0.206. The van der Waals surface area contributed by atoms with Gasteiger partial charge in [0.2, 0.25) is 5.91 Å². The van der Waals surface area contributed by atoms with E-state index in [1.54, 1.807) is 35.1 Å². The van der Waals surface area contributed by atoms with Gasteiger partial charge in [0.15, 0.2) is 0 Å². The van der Waals surface area contributed by atoms with Gasteiger partial charge in [-0.1, -0.05) is 6.07 Å². The van der Waals surface area contributed by atoms with E-state index in [1.807, 2.05) is 40.4 Å². The number of carbonyl (C=O) groups excluding carboxylic acids is 1. The van der Waals surface area contributed by atoms with Gasteiger partial charge in [0.05, 0.1) is 22.4 Å². The van der Waals surface area contributed by atoms with Crippen molar-refractivity contribution >= 4 is 50.1 Å². The maximum Gasteiger partial charge on any atom is 0.263 e. The molecule has 0 spiro atoms. The largest absolute Gasteiger partial charge is 0.355 e. The molecule has 0 aromatic carbocycles. The quantitative estimate of drug-likeness (QED) is 0.323. The smallest absolute Gasteiger partial charge is 0.263 e. The number of rotatable bonds is 8. The van der Waals surface area contributed by atoms with Crippen molar-refractivity contribution in [2.75, 3.05) is 6.54 Å². The van der Waals surface area contributed by atoms with E-state index in [-0.39, 0.29) is 18.0 Å². The van der Waals surface area contributed by atoms with Gasteiger partial charge in [-0.3, -0.25) is 19.1 Å². The van der Waals surface area contributed by atoms with Crippen molar-refractivity contribution in [3.8, 4) is 21.7 Å². The van der Waals surface area contributed by atoms with E-state index in [1.165, 1.54) is 22.2 Å². The molecular formula is C23H19N5O2S3. The molecule has 5 aromatic rings. The number of thiophene rings is 2. The van der Waals surface area contributed by atoms with Gasteiger partial charge in [-0.25, -0.2) is 9.97 Å². The first kappa shape index (κ1) is 21.6. The van der Waals surface area contributed by atoms with Crippen LogP contribution in [0.15, 0.2) is 63.9 Å². The molecule has 5 rings (SSSR count). The fourth-order valence-corrected chi connectivity index (χ4v) is 6.02. The molecule has 7 nitrogen and oxygen atoms in total. The molecule has 0 unspecified atom stereocenters. The van der Waals surface area contributed by atoms with Gasteiger partial charge >= 0.3 is 0 Å². The van der Waals surface area contributed by atoms with E-state index in [0.717, 1.165) is 39.5 Å². The molecule has 0 radical (unpaired) electrons. The summed E-state index contributed by atoms with van der Waals surface area (Å²) < 4.78 is 1.38. The molecule has 0 atom stereocenters. The Morgan fingerprint density at radius 1 is 1.09 bits per heavy atom. The average molecular weight is 494 g/mol. The molecule has 0 aliphatic heterocycles. The fraction of sp³-hybridized carbons (Fsp3) is 0.174. The Morgan fingerprint density at radius 3 is 2.79 bits per heavy atom. The molecule has 1 N–H and O–H groups in total. The van der Waals surface area contributed by atoms with Gasteiger partial charge < -0.3 is 5.32 Å². The van der Waals surface area contributed by atoms with E-state index >= 15 is 0 Å². The lowest BCUT2D eigenvalue weighted by Gasteiger charge is -2.07. The monoisotopic (exact) mass is 493 g/mol. The third-order valence-corrected chi connectivity index (χ3v) is 7.78. The third kappa shape index (κ3) is 4.77. The third-order valence-electron chi connectivity index (χ3n) is 5.08. The van der Waals surface area contributed by atoms with Crippen molar-refractivity contribution in [3.63, 3.8) is 0 Å². The van der Waals surface area contributed by atoms with Crippen LogP contribution < -0.4 is 10.9 Å². The molecule has 0 saturated heterocycles. The Kier molecular flexibility index (Phi) is 6.38. The van der Waals surface area contributed by atoms with Crippen LogP contribution in [0.4, 0.5) is 0 Å². The summed E-state index contributed by atoms with van der Waals surface area (Å²) in [7, 11) is 0. The zero-order valence-electron chi connectivity index (χ0n) is 17.4. The predicted octanol–water partition coefficient (Wildman–Crippen LogP) is 4.45. The Labute approximate surface area is 201 Å². The highest BCUT2D eigenvalue weighted by molar-refractivity contribution is 7.18. The summed E-state index contributed by atoms with van der Waals surface area (Å²) in [5.41, 5.74) is 2.68. The molecule has 0 saturated carbocycles. The van der Waals surface area contributed by atoms with Gasteiger partial charge in [0, 0.05) is 52.1 Å². The van der Waals surface area contributed by atoms with Crippen molar-refractivity contribution in [1.82, 2.24) is 24.8 Å². The zero-order chi connectivity index (χ0) is 22.6. The highest BCUT2D eigenvalue weighted by atomic mass is 32.1. The van der Waals surface area contributed by atoms with E-state index in [2.05, 4.69) is 20.3 Å². The topological polar surface area (TPSA) is 89.8 Å². The van der Waals surface area contributed by atoms with Gasteiger partial charge in [-0.15, -0.1) is 34.0 Å². The van der Waals surface area contributed by atoms with Gasteiger partial charge in [0.1, 0.15) is 11.4 Å². The van der Waals surface area contributed by atoms with Crippen LogP contribution in [0.25, 0.3) is 31.9 Å². The Bertz CT molecular complexity index is 1440. The molecule has 1 amide bonds. The summed E-state index contributed by atoms with van der Waals surface area (Å²) >= 11 is 4.64. The van der Waals surface area contributed by atoms with Crippen LogP contribution in [0.5, 0.6) is 0 Å². The number of aryl methyl sites for hydroxylation is 1. The lowest BCUT2D eigenvalue weighted by molar-refractivity contribution is -0.121. The number of carbonyl (C=O) groups is 1. The van der Waals surface area contributed by atoms with Crippen molar-refractivity contribution in [2.45, 2.75) is 19.4 Å². The van der Waals surface area contributed by atoms with Crippen molar-refractivity contribution < 1.29 is 4.79 Å². The van der Waals surface area contributed by atoms with Crippen LogP contribution in [-0.2, 0) is 17.8 Å². The van der Waals surface area contributed by atoms with Crippen LogP contribution in [-0.4, -0.2) is 32.0 Å². The number of aromatic nitrogens is 4. The number of hydrogen-bond donors (Lipinski definition) is 1. The summed E-state index contributed by atoms with van der Waals surface area (Å²) in [6.45, 7) is 0.470. The minimum atomic E-state index is -0.206. The van der Waals surface area contributed by atoms with Gasteiger partial charge in [-0.2, -0.15) is 0 Å². The predicted molar refractivity (Wildman–Crippen MR) is 134 cm³/mol. The molecule has 166 valence electrons. The molecule has 5 heterocycles. The summed E-state index contributed by atoms with van der Waals surface area (Å²) in [4.78, 5) is 40.2. The molecule has 0 aliphatic rings. The number of hydrogen-bond acceptors (Lipinski definition) is 8. The van der Waals surface area contributed by atoms with Crippen LogP contribution in [0.1, 0.15) is 11.4 Å². The number of nitrogens with zero attached hydrogens (tertiary/aromatic N) is 4. The first-order valence-corrected chi connectivity index (χ1v) is 12.9.